The number of likely N-dealkylation sites (tertiary alicyclic amines) is 1. The van der Waals surface area contributed by atoms with Crippen LogP contribution >= 0.6 is 0 Å². The molecule has 0 amide bonds. The van der Waals surface area contributed by atoms with E-state index in [2.05, 4.69) is 10.00 Å². The van der Waals surface area contributed by atoms with E-state index in [9.17, 15) is 9.50 Å². The summed E-state index contributed by atoms with van der Waals surface area (Å²) in [4.78, 5) is 2.26. The van der Waals surface area contributed by atoms with Crippen molar-refractivity contribution in [3.8, 4) is 0 Å². The predicted molar refractivity (Wildman–Crippen MR) is 78.1 cm³/mol. The summed E-state index contributed by atoms with van der Waals surface area (Å²) in [6.07, 6.45) is 5.42. The third-order valence-corrected chi connectivity index (χ3v) is 4.11. The van der Waals surface area contributed by atoms with Gasteiger partial charge in [-0.25, -0.2) is 4.39 Å². The molecule has 3 rings (SSSR count). The lowest BCUT2D eigenvalue weighted by atomic mass is 10.1. The normalized spacial score (nSPS) is 20.8. The standard InChI is InChI=1S/C16H20FN3O/c1-19-10-13(9-18-19)15-6-3-7-20(15)11-16(21)12-4-2-5-14(17)8-12/h2,4-5,8-10,15-16,21H,3,6-7,11H2,1H3/t15-,16+/m0/s1. The molecule has 0 radical (unpaired) electrons. The Bertz CT molecular complexity index is 613. The van der Waals surface area contributed by atoms with Crippen LogP contribution in [0.3, 0.4) is 0 Å². The Morgan fingerprint density at radius 1 is 1.48 bits per heavy atom. The number of halogens is 1. The van der Waals surface area contributed by atoms with Crippen molar-refractivity contribution in [3.63, 3.8) is 0 Å². The minimum atomic E-state index is -0.669. The molecular formula is C16H20FN3O. The summed E-state index contributed by atoms with van der Waals surface area (Å²) in [7, 11) is 1.91. The minimum Gasteiger partial charge on any atom is -0.387 e. The Morgan fingerprint density at radius 2 is 2.33 bits per heavy atom. The van der Waals surface area contributed by atoms with Crippen molar-refractivity contribution < 1.29 is 9.50 Å². The average molecular weight is 289 g/mol. The second-order valence-corrected chi connectivity index (χ2v) is 5.67. The van der Waals surface area contributed by atoms with Crippen LogP contribution in [0.15, 0.2) is 36.7 Å². The van der Waals surface area contributed by atoms with Gasteiger partial charge in [0.25, 0.3) is 0 Å². The molecule has 0 unspecified atom stereocenters. The number of aromatic nitrogens is 2. The molecule has 4 nitrogen and oxygen atoms in total. The molecule has 2 aromatic rings. The first-order valence-corrected chi connectivity index (χ1v) is 7.29. The van der Waals surface area contributed by atoms with Gasteiger partial charge in [0.05, 0.1) is 12.3 Å². The molecule has 1 fully saturated rings. The summed E-state index contributed by atoms with van der Waals surface area (Å²) in [5, 5.41) is 14.6. The van der Waals surface area contributed by atoms with E-state index in [1.54, 1.807) is 16.8 Å². The first-order valence-electron chi connectivity index (χ1n) is 7.29. The first kappa shape index (κ1) is 14.2. The van der Waals surface area contributed by atoms with Crippen molar-refractivity contribution >= 4 is 0 Å². The fourth-order valence-electron chi connectivity index (χ4n) is 3.08. The van der Waals surface area contributed by atoms with E-state index in [1.807, 2.05) is 19.4 Å². The van der Waals surface area contributed by atoms with Gasteiger partial charge in [-0.3, -0.25) is 9.58 Å². The van der Waals surface area contributed by atoms with Gasteiger partial charge in [-0.1, -0.05) is 12.1 Å². The van der Waals surface area contributed by atoms with Crippen LogP contribution in [0.4, 0.5) is 4.39 Å². The Kier molecular flexibility index (Phi) is 4.03. The van der Waals surface area contributed by atoms with Crippen molar-refractivity contribution in [2.24, 2.45) is 7.05 Å². The van der Waals surface area contributed by atoms with Gasteiger partial charge >= 0.3 is 0 Å². The first-order chi connectivity index (χ1) is 10.1. The number of aryl methyl sites for hydroxylation is 1. The molecule has 2 atom stereocenters. The van der Waals surface area contributed by atoms with Gasteiger partial charge < -0.3 is 5.11 Å². The maximum Gasteiger partial charge on any atom is 0.123 e. The third-order valence-electron chi connectivity index (χ3n) is 4.11. The molecule has 2 heterocycles. The number of β-amino-alcohol motifs (C(OH)–C–C–N with tert-alkyl or cyclic N) is 1. The Labute approximate surface area is 123 Å². The molecule has 0 bridgehead atoms. The largest absolute Gasteiger partial charge is 0.387 e. The Hall–Kier alpha value is -1.72. The quantitative estimate of drug-likeness (QED) is 0.940. The lowest BCUT2D eigenvalue weighted by Gasteiger charge is -2.26. The van der Waals surface area contributed by atoms with Crippen LogP contribution in [0.25, 0.3) is 0 Å². The van der Waals surface area contributed by atoms with E-state index in [1.165, 1.54) is 17.7 Å². The summed E-state index contributed by atoms with van der Waals surface area (Å²) in [6.45, 7) is 1.47. The Balaban J connectivity index is 1.71. The maximum atomic E-state index is 13.2. The Morgan fingerprint density at radius 3 is 3.05 bits per heavy atom. The monoisotopic (exact) mass is 289 g/mol. The number of rotatable bonds is 4. The highest BCUT2D eigenvalue weighted by atomic mass is 19.1. The zero-order valence-corrected chi connectivity index (χ0v) is 12.1. The molecule has 1 saturated heterocycles. The van der Waals surface area contributed by atoms with Crippen LogP contribution < -0.4 is 0 Å². The molecule has 5 heteroatoms. The van der Waals surface area contributed by atoms with Gasteiger partial charge in [0.1, 0.15) is 5.82 Å². The van der Waals surface area contributed by atoms with Crippen molar-refractivity contribution in [1.29, 1.82) is 0 Å². The molecule has 1 aliphatic heterocycles. The molecule has 112 valence electrons. The van der Waals surface area contributed by atoms with Gasteiger partial charge in [-0.05, 0) is 37.1 Å². The van der Waals surface area contributed by atoms with E-state index >= 15 is 0 Å². The lowest BCUT2D eigenvalue weighted by molar-refractivity contribution is 0.106. The summed E-state index contributed by atoms with van der Waals surface area (Å²) in [6, 6.07) is 6.49. The smallest absolute Gasteiger partial charge is 0.123 e. The molecule has 1 aliphatic rings. The van der Waals surface area contributed by atoms with Crippen LogP contribution in [0.1, 0.15) is 36.1 Å². The zero-order valence-electron chi connectivity index (χ0n) is 12.1. The SMILES string of the molecule is Cn1cc([C@@H]2CCCN2C[C@@H](O)c2cccc(F)c2)cn1. The lowest BCUT2D eigenvalue weighted by Crippen LogP contribution is -2.28. The number of benzene rings is 1. The second-order valence-electron chi connectivity index (χ2n) is 5.67. The fourth-order valence-corrected chi connectivity index (χ4v) is 3.08. The molecular weight excluding hydrogens is 269 g/mol. The van der Waals surface area contributed by atoms with Crippen LogP contribution in [-0.2, 0) is 7.05 Å². The van der Waals surface area contributed by atoms with Crippen LogP contribution in [0, 0.1) is 5.82 Å². The predicted octanol–water partition coefficient (Wildman–Crippen LogP) is 2.43. The molecule has 1 aromatic carbocycles. The van der Waals surface area contributed by atoms with Crippen molar-refractivity contribution in [2.75, 3.05) is 13.1 Å². The summed E-state index contributed by atoms with van der Waals surface area (Å²) in [5.41, 5.74) is 1.81. The highest BCUT2D eigenvalue weighted by Gasteiger charge is 2.28. The van der Waals surface area contributed by atoms with E-state index < -0.39 is 6.10 Å². The van der Waals surface area contributed by atoms with Gasteiger partial charge in [0, 0.05) is 31.4 Å². The van der Waals surface area contributed by atoms with E-state index in [4.69, 9.17) is 0 Å². The van der Waals surface area contributed by atoms with Gasteiger partial charge in [-0.15, -0.1) is 0 Å². The second kappa shape index (κ2) is 5.95. The van der Waals surface area contributed by atoms with Crippen LogP contribution in [-0.4, -0.2) is 32.9 Å². The van der Waals surface area contributed by atoms with Crippen molar-refractivity contribution in [3.05, 3.63) is 53.6 Å². The highest BCUT2D eigenvalue weighted by Crippen LogP contribution is 2.33. The topological polar surface area (TPSA) is 41.3 Å². The highest BCUT2D eigenvalue weighted by molar-refractivity contribution is 5.20. The van der Waals surface area contributed by atoms with Crippen molar-refractivity contribution in [1.82, 2.24) is 14.7 Å². The van der Waals surface area contributed by atoms with Crippen molar-refractivity contribution in [2.45, 2.75) is 25.0 Å². The van der Waals surface area contributed by atoms with Gasteiger partial charge in [0.15, 0.2) is 0 Å². The average Bonchev–Trinajstić information content (AvgIpc) is 3.07. The summed E-state index contributed by atoms with van der Waals surface area (Å²) in [5.74, 6) is -0.309. The number of aliphatic hydroxyl groups is 1. The number of hydrogen-bond acceptors (Lipinski definition) is 3. The minimum absolute atomic E-state index is 0.293. The zero-order chi connectivity index (χ0) is 14.8. The van der Waals surface area contributed by atoms with Crippen LogP contribution in [0.2, 0.25) is 0 Å². The molecule has 21 heavy (non-hydrogen) atoms. The number of nitrogens with zero attached hydrogens (tertiary/aromatic N) is 3. The molecule has 0 saturated carbocycles. The molecule has 0 aliphatic carbocycles. The van der Waals surface area contributed by atoms with Gasteiger partial charge in [0.2, 0.25) is 0 Å². The number of aliphatic hydroxyl groups excluding tert-OH is 1. The van der Waals surface area contributed by atoms with E-state index in [0.717, 1.165) is 19.4 Å². The molecule has 1 aromatic heterocycles. The van der Waals surface area contributed by atoms with Gasteiger partial charge in [-0.2, -0.15) is 5.10 Å². The summed E-state index contributed by atoms with van der Waals surface area (Å²) < 4.78 is 15.1. The summed E-state index contributed by atoms with van der Waals surface area (Å²) >= 11 is 0. The van der Waals surface area contributed by atoms with Crippen LogP contribution in [0.5, 0.6) is 0 Å². The number of hydrogen-bond donors (Lipinski definition) is 1. The van der Waals surface area contributed by atoms with E-state index in [0.29, 0.717) is 18.2 Å². The third kappa shape index (κ3) is 3.14. The molecule has 1 N–H and O–H groups in total. The molecule has 0 spiro atoms. The maximum absolute atomic E-state index is 13.2. The van der Waals surface area contributed by atoms with E-state index in [-0.39, 0.29) is 5.82 Å². The fraction of sp³-hybridized carbons (Fsp3) is 0.438.